The maximum atomic E-state index is 14.8. The first-order valence-electron chi connectivity index (χ1n) is 10.8. The summed E-state index contributed by atoms with van der Waals surface area (Å²) in [5, 5.41) is 4.70. The number of hydrogen-bond donors (Lipinski definition) is 0. The molecule has 184 valence electrons. The number of oxime groups is 1. The number of rotatable bonds is 7. The normalized spacial score (nSPS) is 11.4. The molecule has 4 aromatic rings. The highest BCUT2D eigenvalue weighted by Gasteiger charge is 2.17. The van der Waals surface area contributed by atoms with Crippen LogP contribution in [-0.4, -0.2) is 24.4 Å². The van der Waals surface area contributed by atoms with Gasteiger partial charge in [-0.25, -0.2) is 8.78 Å². The van der Waals surface area contributed by atoms with Crippen molar-refractivity contribution in [3.8, 4) is 5.69 Å². The lowest BCUT2D eigenvalue weighted by atomic mass is 10.0. The van der Waals surface area contributed by atoms with Crippen molar-refractivity contribution in [3.63, 3.8) is 0 Å². The van der Waals surface area contributed by atoms with E-state index in [1.165, 1.54) is 29.0 Å². The van der Waals surface area contributed by atoms with E-state index in [2.05, 4.69) is 5.16 Å². The molecule has 0 radical (unpaired) electrons. The average molecular weight is 528 g/mol. The Morgan fingerprint density at radius 1 is 0.972 bits per heavy atom. The fourth-order valence-corrected chi connectivity index (χ4v) is 4.14. The van der Waals surface area contributed by atoms with Crippen LogP contribution in [-0.2, 0) is 11.4 Å². The zero-order chi connectivity index (χ0) is 25.8. The number of nitrogens with zero attached hydrogens (tertiary/aromatic N) is 3. The number of halogens is 4. The van der Waals surface area contributed by atoms with E-state index >= 15 is 0 Å². The van der Waals surface area contributed by atoms with Gasteiger partial charge in [-0.3, -0.25) is 9.36 Å². The van der Waals surface area contributed by atoms with Gasteiger partial charge in [-0.05, 0) is 48.0 Å². The zero-order valence-corrected chi connectivity index (χ0v) is 20.9. The minimum absolute atomic E-state index is 0.00565. The van der Waals surface area contributed by atoms with Crippen molar-refractivity contribution in [2.24, 2.45) is 5.16 Å². The standard InChI is InChI=1S/C27H21Cl2F2N3O2/c1-33(2)20-6-3-5-17(13-20)16-36-32-26(21-11-10-19(30)14-24(21)31)18-9-12-25(35)34(15-18)27-22(28)7-4-8-23(27)29/h3-15H,16H2,1-2H3/b32-26+. The van der Waals surface area contributed by atoms with Gasteiger partial charge in [0.25, 0.3) is 5.56 Å². The molecular formula is C27H21Cl2F2N3O2. The first-order valence-corrected chi connectivity index (χ1v) is 11.6. The molecule has 0 atom stereocenters. The van der Waals surface area contributed by atoms with Crippen LogP contribution in [0.3, 0.4) is 0 Å². The van der Waals surface area contributed by atoms with Crippen LogP contribution >= 0.6 is 23.2 Å². The summed E-state index contributed by atoms with van der Waals surface area (Å²) >= 11 is 12.6. The first kappa shape index (κ1) is 25.4. The van der Waals surface area contributed by atoms with Crippen molar-refractivity contribution < 1.29 is 13.6 Å². The largest absolute Gasteiger partial charge is 0.390 e. The van der Waals surface area contributed by atoms with Crippen molar-refractivity contribution >= 4 is 34.6 Å². The van der Waals surface area contributed by atoms with Gasteiger partial charge in [-0.1, -0.05) is 46.6 Å². The number of aromatic nitrogens is 1. The van der Waals surface area contributed by atoms with Gasteiger partial charge in [-0.15, -0.1) is 0 Å². The second kappa shape index (κ2) is 10.9. The molecule has 0 N–H and O–H groups in total. The van der Waals surface area contributed by atoms with Gasteiger partial charge in [0, 0.05) is 49.2 Å². The third-order valence-electron chi connectivity index (χ3n) is 5.36. The monoisotopic (exact) mass is 527 g/mol. The van der Waals surface area contributed by atoms with Gasteiger partial charge in [0.2, 0.25) is 0 Å². The Balaban J connectivity index is 1.78. The van der Waals surface area contributed by atoms with Crippen LogP contribution < -0.4 is 10.5 Å². The summed E-state index contributed by atoms with van der Waals surface area (Å²) in [5.41, 5.74) is 2.08. The molecule has 36 heavy (non-hydrogen) atoms. The van der Waals surface area contributed by atoms with E-state index in [-0.39, 0.29) is 33.6 Å². The Kier molecular flexibility index (Phi) is 7.72. The topological polar surface area (TPSA) is 46.8 Å². The lowest BCUT2D eigenvalue weighted by Crippen LogP contribution is -2.20. The van der Waals surface area contributed by atoms with E-state index in [9.17, 15) is 13.6 Å². The molecule has 1 heterocycles. The van der Waals surface area contributed by atoms with Crippen molar-refractivity contribution in [1.29, 1.82) is 0 Å². The van der Waals surface area contributed by atoms with Gasteiger partial charge in [-0.2, -0.15) is 0 Å². The lowest BCUT2D eigenvalue weighted by molar-refractivity contribution is 0.131. The van der Waals surface area contributed by atoms with Crippen LogP contribution in [0, 0.1) is 11.6 Å². The van der Waals surface area contributed by atoms with Crippen molar-refractivity contribution in [2.45, 2.75) is 6.61 Å². The quantitative estimate of drug-likeness (QED) is 0.204. The highest BCUT2D eigenvalue weighted by atomic mass is 35.5. The predicted molar refractivity (Wildman–Crippen MR) is 140 cm³/mol. The fourth-order valence-electron chi connectivity index (χ4n) is 3.56. The number of hydrogen-bond acceptors (Lipinski definition) is 4. The van der Waals surface area contributed by atoms with Crippen molar-refractivity contribution in [2.75, 3.05) is 19.0 Å². The summed E-state index contributed by atoms with van der Waals surface area (Å²) in [7, 11) is 3.85. The summed E-state index contributed by atoms with van der Waals surface area (Å²) in [6, 6.07) is 18.4. The van der Waals surface area contributed by atoms with Gasteiger partial charge >= 0.3 is 0 Å². The minimum Gasteiger partial charge on any atom is -0.390 e. The smallest absolute Gasteiger partial charge is 0.255 e. The van der Waals surface area contributed by atoms with E-state index in [1.54, 1.807) is 18.2 Å². The van der Waals surface area contributed by atoms with E-state index < -0.39 is 17.2 Å². The Morgan fingerprint density at radius 3 is 2.39 bits per heavy atom. The Morgan fingerprint density at radius 2 is 1.69 bits per heavy atom. The number of benzene rings is 3. The summed E-state index contributed by atoms with van der Waals surface area (Å²) in [5.74, 6) is -1.56. The molecule has 9 heteroatoms. The van der Waals surface area contributed by atoms with Crippen LogP contribution in [0.5, 0.6) is 0 Å². The molecule has 0 aliphatic heterocycles. The number of para-hydroxylation sites is 1. The van der Waals surface area contributed by atoms with Crippen LogP contribution in [0.15, 0.2) is 88.9 Å². The molecular weight excluding hydrogens is 507 g/mol. The molecule has 0 amide bonds. The molecule has 1 aromatic heterocycles. The molecule has 0 fully saturated rings. The molecule has 0 saturated heterocycles. The summed E-state index contributed by atoms with van der Waals surface area (Å²) in [6.45, 7) is 0.101. The van der Waals surface area contributed by atoms with E-state index in [4.69, 9.17) is 28.0 Å². The third kappa shape index (κ3) is 5.58. The second-order valence-electron chi connectivity index (χ2n) is 8.10. The molecule has 0 aliphatic carbocycles. The minimum atomic E-state index is -0.833. The highest BCUT2D eigenvalue weighted by molar-refractivity contribution is 6.37. The molecule has 0 bridgehead atoms. The van der Waals surface area contributed by atoms with E-state index in [0.29, 0.717) is 5.56 Å². The van der Waals surface area contributed by atoms with Crippen LogP contribution in [0.4, 0.5) is 14.5 Å². The molecule has 0 aliphatic rings. The van der Waals surface area contributed by atoms with Gasteiger partial charge in [0.1, 0.15) is 24.0 Å². The molecule has 0 unspecified atom stereocenters. The Hall–Kier alpha value is -3.68. The summed E-state index contributed by atoms with van der Waals surface area (Å²) < 4.78 is 29.7. The Labute approximate surface area is 216 Å². The van der Waals surface area contributed by atoms with E-state index in [1.807, 2.05) is 43.3 Å². The number of pyridine rings is 1. The van der Waals surface area contributed by atoms with Gasteiger partial charge in [0.15, 0.2) is 0 Å². The Bertz CT molecular complexity index is 1480. The zero-order valence-electron chi connectivity index (χ0n) is 19.4. The lowest BCUT2D eigenvalue weighted by Gasteiger charge is -2.14. The van der Waals surface area contributed by atoms with Crippen LogP contribution in [0.2, 0.25) is 10.0 Å². The van der Waals surface area contributed by atoms with Gasteiger partial charge < -0.3 is 9.74 Å². The maximum Gasteiger partial charge on any atom is 0.255 e. The van der Waals surface area contributed by atoms with Crippen molar-refractivity contribution in [3.05, 3.63) is 128 Å². The maximum absolute atomic E-state index is 14.8. The average Bonchev–Trinajstić information content (AvgIpc) is 2.84. The SMILES string of the molecule is CN(C)c1cccc(CO/N=C(\c2ccc(=O)n(-c3c(Cl)cccc3Cl)c2)c2ccc(F)cc2F)c1. The molecule has 3 aromatic carbocycles. The third-order valence-corrected chi connectivity index (χ3v) is 5.97. The molecule has 0 saturated carbocycles. The molecule has 4 rings (SSSR count). The second-order valence-corrected chi connectivity index (χ2v) is 8.91. The van der Waals surface area contributed by atoms with E-state index in [0.717, 1.165) is 23.4 Å². The summed E-state index contributed by atoms with van der Waals surface area (Å²) in [6.07, 6.45) is 1.44. The van der Waals surface area contributed by atoms with Crippen molar-refractivity contribution in [1.82, 2.24) is 4.57 Å². The predicted octanol–water partition coefficient (Wildman–Crippen LogP) is 6.46. The molecule has 0 spiro atoms. The van der Waals surface area contributed by atoms with Gasteiger partial charge in [0.05, 0.1) is 15.7 Å². The fraction of sp³-hybridized carbons (Fsp3) is 0.111. The summed E-state index contributed by atoms with van der Waals surface area (Å²) in [4.78, 5) is 20.2. The van der Waals surface area contributed by atoms with Crippen LogP contribution in [0.25, 0.3) is 5.69 Å². The van der Waals surface area contributed by atoms with Crippen LogP contribution in [0.1, 0.15) is 16.7 Å². The number of anilines is 1. The first-order chi connectivity index (χ1) is 17.2. The molecule has 5 nitrogen and oxygen atoms in total. The highest BCUT2D eigenvalue weighted by Crippen LogP contribution is 2.28.